The summed E-state index contributed by atoms with van der Waals surface area (Å²) in [6.45, 7) is 6.71. The Hall–Kier alpha value is -2.05. The van der Waals surface area contributed by atoms with Crippen molar-refractivity contribution in [2.75, 3.05) is 5.32 Å². The van der Waals surface area contributed by atoms with Crippen LogP contribution in [-0.4, -0.2) is 24.9 Å². The lowest BCUT2D eigenvalue weighted by molar-refractivity contribution is 0.102. The number of hydrogen-bond donors (Lipinski definition) is 1. The molecule has 0 saturated carbocycles. The first-order chi connectivity index (χ1) is 10.9. The third kappa shape index (κ3) is 3.04. The number of amides is 1. The summed E-state index contributed by atoms with van der Waals surface area (Å²) in [7, 11) is -1.29. The zero-order valence-electron chi connectivity index (χ0n) is 13.4. The van der Waals surface area contributed by atoms with Crippen molar-refractivity contribution in [2.45, 2.75) is 37.8 Å². The molecule has 120 valence electrons. The normalized spacial score (nSPS) is 17.8. The zero-order chi connectivity index (χ0) is 16.6. The van der Waals surface area contributed by atoms with Crippen molar-refractivity contribution in [2.24, 2.45) is 0 Å². The van der Waals surface area contributed by atoms with Crippen LogP contribution in [0.2, 0.25) is 0 Å². The molecular weight excluding hydrogens is 310 g/mol. The van der Waals surface area contributed by atoms with Gasteiger partial charge in [-0.3, -0.25) is 9.78 Å². The van der Waals surface area contributed by atoms with Crippen LogP contribution in [0.3, 0.4) is 0 Å². The molecule has 1 aromatic heterocycles. The molecule has 1 aliphatic rings. The van der Waals surface area contributed by atoms with Crippen LogP contribution in [0.5, 0.6) is 0 Å². The van der Waals surface area contributed by atoms with Crippen LogP contribution in [0.4, 0.5) is 5.69 Å². The average molecular weight is 329 g/mol. The summed E-state index contributed by atoms with van der Waals surface area (Å²) in [6.07, 6.45) is 3.13. The quantitative estimate of drug-likeness (QED) is 0.921. The van der Waals surface area contributed by atoms with Gasteiger partial charge in [0.1, 0.15) is 11.0 Å². The van der Waals surface area contributed by atoms with Crippen molar-refractivity contribution in [3.8, 4) is 0 Å². The van der Waals surface area contributed by atoms with Gasteiger partial charge >= 0.3 is 0 Å². The van der Waals surface area contributed by atoms with Gasteiger partial charge in [-0.15, -0.1) is 0 Å². The number of anilines is 1. The van der Waals surface area contributed by atoms with Crippen molar-refractivity contribution in [3.63, 3.8) is 0 Å². The molecule has 6 heteroatoms. The van der Waals surface area contributed by atoms with E-state index in [1.54, 1.807) is 24.4 Å². The third-order valence-corrected chi connectivity index (χ3v) is 5.61. The van der Waals surface area contributed by atoms with Gasteiger partial charge in [0.2, 0.25) is 0 Å². The maximum absolute atomic E-state index is 12.9. The lowest BCUT2D eigenvalue weighted by Crippen LogP contribution is -2.38. The van der Waals surface area contributed by atoms with Crippen molar-refractivity contribution >= 4 is 22.6 Å². The minimum absolute atomic E-state index is 0.214. The molecule has 3 rings (SSSR count). The SMILES string of the molecule is CC(C)(C)N1Cc2cccc(NC(=O)c3cccnc3)c2S1=O. The molecule has 0 radical (unpaired) electrons. The number of hydrogen-bond acceptors (Lipinski definition) is 3. The molecule has 23 heavy (non-hydrogen) atoms. The highest BCUT2D eigenvalue weighted by Crippen LogP contribution is 2.37. The maximum atomic E-state index is 12.9. The lowest BCUT2D eigenvalue weighted by atomic mass is 10.1. The Morgan fingerprint density at radius 3 is 2.70 bits per heavy atom. The second-order valence-electron chi connectivity index (χ2n) is 6.45. The molecule has 1 aromatic carbocycles. The predicted molar refractivity (Wildman–Crippen MR) is 90.3 cm³/mol. The van der Waals surface area contributed by atoms with Gasteiger partial charge in [0, 0.05) is 24.5 Å². The monoisotopic (exact) mass is 329 g/mol. The summed E-state index contributed by atoms with van der Waals surface area (Å²) in [5, 5.41) is 2.86. The van der Waals surface area contributed by atoms with Crippen LogP contribution in [0.25, 0.3) is 0 Å². The Labute approximate surface area is 138 Å². The number of carbonyl (C=O) groups is 1. The summed E-state index contributed by atoms with van der Waals surface area (Å²) in [4.78, 5) is 17.0. The van der Waals surface area contributed by atoms with Crippen molar-refractivity contribution in [1.29, 1.82) is 0 Å². The fourth-order valence-corrected chi connectivity index (χ4v) is 4.15. The summed E-state index contributed by atoms with van der Waals surface area (Å²) in [5.41, 5.74) is 1.85. The number of aromatic nitrogens is 1. The van der Waals surface area contributed by atoms with Crippen LogP contribution < -0.4 is 5.32 Å². The molecule has 0 bridgehead atoms. The standard InChI is InChI=1S/C17H19N3O2S/c1-17(2,3)20-11-13-6-4-8-14(15(13)23(20)22)19-16(21)12-7-5-9-18-10-12/h4-10H,11H2,1-3H3,(H,19,21). The molecule has 5 nitrogen and oxygen atoms in total. The smallest absolute Gasteiger partial charge is 0.257 e. The van der Waals surface area contributed by atoms with Crippen LogP contribution >= 0.6 is 0 Å². The van der Waals surface area contributed by atoms with Gasteiger partial charge in [0.05, 0.1) is 16.1 Å². The highest BCUT2D eigenvalue weighted by Gasteiger charge is 2.36. The van der Waals surface area contributed by atoms with Gasteiger partial charge in [-0.1, -0.05) is 12.1 Å². The fraction of sp³-hybridized carbons (Fsp3) is 0.294. The van der Waals surface area contributed by atoms with E-state index < -0.39 is 11.0 Å². The fourth-order valence-electron chi connectivity index (χ4n) is 2.51. The number of benzene rings is 1. The minimum atomic E-state index is -1.29. The average Bonchev–Trinajstić information content (AvgIpc) is 2.86. The number of nitrogens with zero attached hydrogens (tertiary/aromatic N) is 2. The van der Waals surface area contributed by atoms with E-state index in [9.17, 15) is 9.00 Å². The number of pyridine rings is 1. The van der Waals surface area contributed by atoms with Gasteiger partial charge in [-0.05, 0) is 44.5 Å². The van der Waals surface area contributed by atoms with Crippen LogP contribution in [0, 0.1) is 0 Å². The lowest BCUT2D eigenvalue weighted by Gasteiger charge is -2.29. The Morgan fingerprint density at radius 2 is 2.04 bits per heavy atom. The number of carbonyl (C=O) groups excluding carboxylic acids is 1. The highest BCUT2D eigenvalue weighted by atomic mass is 32.2. The molecule has 2 aromatic rings. The first-order valence-electron chi connectivity index (χ1n) is 7.41. The molecule has 1 unspecified atom stereocenters. The van der Waals surface area contributed by atoms with Crippen LogP contribution in [0.1, 0.15) is 36.7 Å². The summed E-state index contributed by atoms with van der Waals surface area (Å²) < 4.78 is 14.8. The maximum Gasteiger partial charge on any atom is 0.257 e. The van der Waals surface area contributed by atoms with E-state index in [-0.39, 0.29) is 11.4 Å². The Balaban J connectivity index is 1.92. The molecule has 2 heterocycles. The Morgan fingerprint density at radius 1 is 1.26 bits per heavy atom. The highest BCUT2D eigenvalue weighted by molar-refractivity contribution is 7.83. The molecule has 1 aliphatic heterocycles. The molecule has 0 saturated heterocycles. The molecule has 1 N–H and O–H groups in total. The van der Waals surface area contributed by atoms with Crippen molar-refractivity contribution in [1.82, 2.24) is 9.29 Å². The Bertz CT molecular complexity index is 769. The number of nitrogens with one attached hydrogen (secondary N) is 1. The summed E-state index contributed by atoms with van der Waals surface area (Å²) in [5.74, 6) is -0.252. The second kappa shape index (κ2) is 5.86. The van der Waals surface area contributed by atoms with E-state index in [1.165, 1.54) is 6.20 Å². The zero-order valence-corrected chi connectivity index (χ0v) is 14.2. The van der Waals surface area contributed by atoms with Crippen molar-refractivity contribution in [3.05, 3.63) is 53.9 Å². The van der Waals surface area contributed by atoms with E-state index >= 15 is 0 Å². The predicted octanol–water partition coefficient (Wildman–Crippen LogP) is 2.97. The molecular formula is C17H19N3O2S. The Kier molecular flexibility index (Phi) is 4.04. The van der Waals surface area contributed by atoms with Gasteiger partial charge in [-0.2, -0.15) is 0 Å². The molecule has 0 spiro atoms. The topological polar surface area (TPSA) is 62.3 Å². The van der Waals surface area contributed by atoms with Gasteiger partial charge in [0.25, 0.3) is 5.91 Å². The largest absolute Gasteiger partial charge is 0.321 e. The number of rotatable bonds is 2. The van der Waals surface area contributed by atoms with E-state index in [1.807, 2.05) is 37.2 Å². The second-order valence-corrected chi connectivity index (χ2v) is 7.79. The van der Waals surface area contributed by atoms with Crippen LogP contribution in [0.15, 0.2) is 47.6 Å². The molecule has 0 fully saturated rings. The first kappa shape index (κ1) is 15.8. The number of fused-ring (bicyclic) bond motifs is 1. The van der Waals surface area contributed by atoms with Gasteiger partial charge in [0.15, 0.2) is 0 Å². The van der Waals surface area contributed by atoms with Gasteiger partial charge < -0.3 is 5.32 Å². The summed E-state index contributed by atoms with van der Waals surface area (Å²) >= 11 is 0. The van der Waals surface area contributed by atoms with Crippen molar-refractivity contribution < 1.29 is 9.00 Å². The van der Waals surface area contributed by atoms with E-state index in [4.69, 9.17) is 0 Å². The first-order valence-corrected chi connectivity index (χ1v) is 8.51. The summed E-state index contributed by atoms with van der Waals surface area (Å²) in [6, 6.07) is 9.03. The van der Waals surface area contributed by atoms with E-state index in [2.05, 4.69) is 10.3 Å². The van der Waals surface area contributed by atoms with Crippen LogP contribution in [-0.2, 0) is 17.5 Å². The molecule has 1 amide bonds. The molecule has 1 atom stereocenters. The van der Waals surface area contributed by atoms with E-state index in [0.29, 0.717) is 22.7 Å². The minimum Gasteiger partial charge on any atom is -0.321 e. The third-order valence-electron chi connectivity index (χ3n) is 3.71. The van der Waals surface area contributed by atoms with E-state index in [0.717, 1.165) is 5.56 Å². The molecule has 0 aliphatic carbocycles. The van der Waals surface area contributed by atoms with Gasteiger partial charge in [-0.25, -0.2) is 8.51 Å².